The zero-order valence-corrected chi connectivity index (χ0v) is 12.2. The summed E-state index contributed by atoms with van der Waals surface area (Å²) in [6.07, 6.45) is -0.904. The lowest BCUT2D eigenvalue weighted by atomic mass is 10.2. The number of ether oxygens (including phenoxy) is 1. The number of anilines is 2. The molecule has 0 aliphatic carbocycles. The predicted molar refractivity (Wildman–Crippen MR) is 78.1 cm³/mol. The van der Waals surface area contributed by atoms with Crippen molar-refractivity contribution < 1.29 is 18.7 Å². The fourth-order valence-corrected chi connectivity index (χ4v) is 2.61. The first kappa shape index (κ1) is 14.6. The first-order valence-corrected chi connectivity index (χ1v) is 6.96. The van der Waals surface area contributed by atoms with E-state index in [2.05, 4.69) is 0 Å². The molecule has 0 aromatic heterocycles. The second-order valence-electron chi connectivity index (χ2n) is 5.42. The maximum absolute atomic E-state index is 14.3. The molecule has 2 aliphatic rings. The molecule has 2 amide bonds. The minimum Gasteiger partial charge on any atom is -0.443 e. The monoisotopic (exact) mass is 308 g/mol. The predicted octanol–water partition coefficient (Wildman–Crippen LogP) is 0.345. The molecule has 8 heteroatoms. The smallest absolute Gasteiger partial charge is 0.414 e. The number of likely N-dealkylation sites (N-methyl/N-ethyl adjacent to an activating group) is 1. The lowest BCUT2D eigenvalue weighted by Crippen LogP contribution is -2.28. The van der Waals surface area contributed by atoms with Crippen molar-refractivity contribution in [2.75, 3.05) is 43.2 Å². The van der Waals surface area contributed by atoms with Gasteiger partial charge in [0.25, 0.3) is 0 Å². The SMILES string of the molecule is CN1CN(c2ccc(N3C[C@@H](CN)OC3=O)cc2F)CC1=O. The van der Waals surface area contributed by atoms with E-state index in [0.717, 1.165) is 0 Å². The minimum atomic E-state index is -0.529. The largest absolute Gasteiger partial charge is 0.443 e. The van der Waals surface area contributed by atoms with Gasteiger partial charge in [0, 0.05) is 13.6 Å². The third-order valence-corrected chi connectivity index (χ3v) is 3.86. The quantitative estimate of drug-likeness (QED) is 0.871. The van der Waals surface area contributed by atoms with Crippen molar-refractivity contribution in [1.29, 1.82) is 0 Å². The molecule has 0 saturated carbocycles. The van der Waals surface area contributed by atoms with Gasteiger partial charge in [-0.3, -0.25) is 9.69 Å². The number of rotatable bonds is 3. The molecule has 7 nitrogen and oxygen atoms in total. The van der Waals surface area contributed by atoms with Gasteiger partial charge in [-0.15, -0.1) is 0 Å². The summed E-state index contributed by atoms with van der Waals surface area (Å²) in [6.45, 7) is 1.02. The van der Waals surface area contributed by atoms with Crippen LogP contribution in [0.2, 0.25) is 0 Å². The van der Waals surface area contributed by atoms with Crippen molar-refractivity contribution >= 4 is 23.4 Å². The number of halogens is 1. The van der Waals surface area contributed by atoms with Crippen molar-refractivity contribution in [3.63, 3.8) is 0 Å². The van der Waals surface area contributed by atoms with E-state index in [1.807, 2.05) is 0 Å². The van der Waals surface area contributed by atoms with E-state index >= 15 is 0 Å². The highest BCUT2D eigenvalue weighted by Crippen LogP contribution is 2.28. The molecule has 2 N–H and O–H groups in total. The number of hydrogen-bond acceptors (Lipinski definition) is 5. The van der Waals surface area contributed by atoms with E-state index in [4.69, 9.17) is 10.5 Å². The molecule has 0 spiro atoms. The molecular weight excluding hydrogens is 291 g/mol. The number of cyclic esters (lactones) is 1. The Morgan fingerprint density at radius 1 is 1.41 bits per heavy atom. The Labute approximate surface area is 127 Å². The number of benzene rings is 1. The van der Waals surface area contributed by atoms with Crippen LogP contribution in [-0.4, -0.2) is 56.4 Å². The first-order valence-electron chi connectivity index (χ1n) is 6.96. The molecule has 2 saturated heterocycles. The van der Waals surface area contributed by atoms with Crippen LogP contribution < -0.4 is 15.5 Å². The summed E-state index contributed by atoms with van der Waals surface area (Å²) in [6, 6.07) is 4.49. The molecule has 22 heavy (non-hydrogen) atoms. The summed E-state index contributed by atoms with van der Waals surface area (Å²) in [7, 11) is 1.67. The molecule has 0 bridgehead atoms. The topological polar surface area (TPSA) is 79.1 Å². The van der Waals surface area contributed by atoms with Crippen molar-refractivity contribution in [3.8, 4) is 0 Å². The van der Waals surface area contributed by atoms with Crippen LogP contribution in [0, 0.1) is 5.82 Å². The summed E-state index contributed by atoms with van der Waals surface area (Å²) in [5.74, 6) is -0.540. The number of carbonyl (C=O) groups excluding carboxylic acids is 2. The lowest BCUT2D eigenvalue weighted by Gasteiger charge is -2.20. The Bertz CT molecular complexity index is 624. The fourth-order valence-electron chi connectivity index (χ4n) is 2.61. The van der Waals surface area contributed by atoms with Gasteiger partial charge < -0.3 is 20.3 Å². The normalized spacial score (nSPS) is 21.8. The number of nitrogens with two attached hydrogens (primary N) is 1. The van der Waals surface area contributed by atoms with Gasteiger partial charge >= 0.3 is 6.09 Å². The molecular formula is C14H17FN4O3. The second-order valence-corrected chi connectivity index (χ2v) is 5.42. The van der Waals surface area contributed by atoms with E-state index in [-0.39, 0.29) is 25.1 Å². The zero-order valence-electron chi connectivity index (χ0n) is 12.2. The van der Waals surface area contributed by atoms with Gasteiger partial charge in [0.15, 0.2) is 0 Å². The van der Waals surface area contributed by atoms with Crippen LogP contribution in [0.1, 0.15) is 0 Å². The summed E-state index contributed by atoms with van der Waals surface area (Å²) in [5, 5.41) is 0. The highest BCUT2D eigenvalue weighted by atomic mass is 19.1. The Balaban J connectivity index is 1.81. The Hall–Kier alpha value is -2.35. The summed E-state index contributed by atoms with van der Waals surface area (Å²) in [4.78, 5) is 27.8. The fraction of sp³-hybridized carbons (Fsp3) is 0.429. The zero-order chi connectivity index (χ0) is 15.9. The van der Waals surface area contributed by atoms with Crippen LogP contribution >= 0.6 is 0 Å². The van der Waals surface area contributed by atoms with Crippen LogP contribution in [-0.2, 0) is 9.53 Å². The van der Waals surface area contributed by atoms with Gasteiger partial charge in [-0.05, 0) is 18.2 Å². The van der Waals surface area contributed by atoms with Crippen molar-refractivity contribution in [1.82, 2.24) is 4.90 Å². The van der Waals surface area contributed by atoms with Gasteiger partial charge in [0.05, 0.1) is 31.1 Å². The third-order valence-electron chi connectivity index (χ3n) is 3.86. The average Bonchev–Trinajstić information content (AvgIpc) is 3.02. The highest BCUT2D eigenvalue weighted by Gasteiger charge is 2.32. The number of amides is 2. The van der Waals surface area contributed by atoms with Crippen molar-refractivity contribution in [2.45, 2.75) is 6.10 Å². The molecule has 1 atom stereocenters. The summed E-state index contributed by atoms with van der Waals surface area (Å²) in [5.41, 5.74) is 6.23. The lowest BCUT2D eigenvalue weighted by molar-refractivity contribution is -0.125. The van der Waals surface area contributed by atoms with E-state index in [0.29, 0.717) is 24.6 Å². The highest BCUT2D eigenvalue weighted by molar-refractivity contribution is 5.90. The molecule has 2 heterocycles. The maximum Gasteiger partial charge on any atom is 0.414 e. The number of hydrogen-bond donors (Lipinski definition) is 1. The van der Waals surface area contributed by atoms with Crippen molar-refractivity contribution in [2.24, 2.45) is 5.73 Å². The molecule has 0 unspecified atom stereocenters. The molecule has 0 radical (unpaired) electrons. The van der Waals surface area contributed by atoms with E-state index in [1.165, 1.54) is 15.9 Å². The third kappa shape index (κ3) is 2.45. The van der Waals surface area contributed by atoms with Gasteiger partial charge in [-0.1, -0.05) is 0 Å². The Morgan fingerprint density at radius 3 is 2.73 bits per heavy atom. The molecule has 1 aromatic rings. The number of carbonyl (C=O) groups is 2. The van der Waals surface area contributed by atoms with E-state index in [1.54, 1.807) is 24.1 Å². The first-order chi connectivity index (χ1) is 10.5. The van der Waals surface area contributed by atoms with Crippen LogP contribution in [0.4, 0.5) is 20.6 Å². The van der Waals surface area contributed by atoms with Crippen LogP contribution in [0.15, 0.2) is 18.2 Å². The molecule has 2 fully saturated rings. The second kappa shape index (κ2) is 5.45. The molecule has 118 valence electrons. The molecule has 3 rings (SSSR count). The van der Waals surface area contributed by atoms with Gasteiger partial charge in [0.2, 0.25) is 5.91 Å². The maximum atomic E-state index is 14.3. The van der Waals surface area contributed by atoms with Crippen LogP contribution in [0.3, 0.4) is 0 Å². The standard InChI is InChI=1S/C14H17FN4O3/c1-17-8-18(7-13(17)20)12-3-2-9(4-11(12)15)19-6-10(5-16)22-14(19)21/h2-4,10H,5-8,16H2,1H3/t10-/m1/s1. The van der Waals surface area contributed by atoms with Crippen LogP contribution in [0.25, 0.3) is 0 Å². The van der Waals surface area contributed by atoms with Gasteiger partial charge in [0.1, 0.15) is 11.9 Å². The molecule has 2 aliphatic heterocycles. The van der Waals surface area contributed by atoms with Crippen LogP contribution in [0.5, 0.6) is 0 Å². The average molecular weight is 308 g/mol. The van der Waals surface area contributed by atoms with Crippen molar-refractivity contribution in [3.05, 3.63) is 24.0 Å². The summed E-state index contributed by atoms with van der Waals surface area (Å²) >= 11 is 0. The Kier molecular flexibility index (Phi) is 3.61. The van der Waals surface area contributed by atoms with E-state index in [9.17, 15) is 14.0 Å². The molecule has 1 aromatic carbocycles. The van der Waals surface area contributed by atoms with Gasteiger partial charge in [-0.2, -0.15) is 0 Å². The minimum absolute atomic E-state index is 0.0580. The van der Waals surface area contributed by atoms with Gasteiger partial charge in [-0.25, -0.2) is 9.18 Å². The summed E-state index contributed by atoms with van der Waals surface area (Å²) < 4.78 is 19.4. The number of nitrogens with zero attached hydrogens (tertiary/aromatic N) is 3. The van der Waals surface area contributed by atoms with E-state index < -0.39 is 11.9 Å². The Morgan fingerprint density at radius 2 is 2.18 bits per heavy atom.